The Hall–Kier alpha value is -0.340. The molecule has 1 rings (SSSR count). The lowest BCUT2D eigenvalue weighted by Gasteiger charge is -2.18. The molecule has 0 unspecified atom stereocenters. The van der Waals surface area contributed by atoms with Crippen LogP contribution in [0, 0.1) is 0 Å². The van der Waals surface area contributed by atoms with E-state index in [-0.39, 0.29) is 27.4 Å². The van der Waals surface area contributed by atoms with E-state index in [9.17, 15) is 13.2 Å². The molecule has 5 nitrogen and oxygen atoms in total. The van der Waals surface area contributed by atoms with Gasteiger partial charge in [0.15, 0.2) is 0 Å². The van der Waals surface area contributed by atoms with Crippen molar-refractivity contribution in [2.45, 2.75) is 18.2 Å². The van der Waals surface area contributed by atoms with Crippen molar-refractivity contribution in [1.82, 2.24) is 9.62 Å². The summed E-state index contributed by atoms with van der Waals surface area (Å²) in [5.41, 5.74) is 0. The van der Waals surface area contributed by atoms with Crippen LogP contribution < -0.4 is 5.32 Å². The van der Waals surface area contributed by atoms with Crippen LogP contribution in [0.25, 0.3) is 0 Å². The zero-order chi connectivity index (χ0) is 16.2. The Morgan fingerprint density at radius 3 is 2.33 bits per heavy atom. The van der Waals surface area contributed by atoms with Gasteiger partial charge in [-0.1, -0.05) is 46.1 Å². The van der Waals surface area contributed by atoms with Gasteiger partial charge < -0.3 is 5.32 Å². The molecule has 0 saturated carbocycles. The Bertz CT molecular complexity index is 614. The number of hydrogen-bond donors (Lipinski definition) is 1. The van der Waals surface area contributed by atoms with Crippen LogP contribution in [0.5, 0.6) is 0 Å². The number of likely N-dealkylation sites (N-methyl/N-ethyl adjacent to an activating group) is 1. The van der Waals surface area contributed by atoms with Crippen LogP contribution in [-0.4, -0.2) is 38.8 Å². The maximum Gasteiger partial charge on any atom is 0.246 e. The SMILES string of the molecule is CCCNC(=O)CN(C)S(=O)(=O)c1c(Cl)cc(Br)cc1Cl. The molecule has 0 atom stereocenters. The van der Waals surface area contributed by atoms with Crippen molar-refractivity contribution in [1.29, 1.82) is 0 Å². The van der Waals surface area contributed by atoms with Crippen molar-refractivity contribution in [2.24, 2.45) is 0 Å². The minimum Gasteiger partial charge on any atom is -0.355 e. The Kier molecular flexibility index (Phi) is 6.93. The fraction of sp³-hybridized carbons (Fsp3) is 0.417. The van der Waals surface area contributed by atoms with E-state index < -0.39 is 10.0 Å². The maximum absolute atomic E-state index is 12.5. The van der Waals surface area contributed by atoms with Gasteiger partial charge in [-0.2, -0.15) is 4.31 Å². The second kappa shape index (κ2) is 7.78. The summed E-state index contributed by atoms with van der Waals surface area (Å²) in [6.45, 7) is 2.10. The van der Waals surface area contributed by atoms with Crippen molar-refractivity contribution in [3.8, 4) is 0 Å². The zero-order valence-corrected chi connectivity index (χ0v) is 15.4. The van der Waals surface area contributed by atoms with E-state index in [0.717, 1.165) is 10.7 Å². The molecule has 21 heavy (non-hydrogen) atoms. The van der Waals surface area contributed by atoms with Gasteiger partial charge in [-0.3, -0.25) is 4.79 Å². The first-order chi connectivity index (χ1) is 9.70. The van der Waals surface area contributed by atoms with E-state index in [2.05, 4.69) is 21.2 Å². The molecule has 0 radical (unpaired) electrons. The number of amides is 1. The maximum atomic E-state index is 12.5. The highest BCUT2D eigenvalue weighted by atomic mass is 79.9. The zero-order valence-electron chi connectivity index (χ0n) is 11.5. The van der Waals surface area contributed by atoms with Crippen LogP contribution in [0.2, 0.25) is 10.0 Å². The minimum atomic E-state index is -3.95. The van der Waals surface area contributed by atoms with Crippen molar-refractivity contribution in [2.75, 3.05) is 20.1 Å². The molecule has 0 bridgehead atoms. The molecule has 0 aromatic heterocycles. The number of rotatable bonds is 6. The van der Waals surface area contributed by atoms with Gasteiger partial charge in [0.25, 0.3) is 0 Å². The lowest BCUT2D eigenvalue weighted by Crippen LogP contribution is -2.38. The Labute approximate surface area is 142 Å². The van der Waals surface area contributed by atoms with Gasteiger partial charge in [0, 0.05) is 18.1 Å². The van der Waals surface area contributed by atoms with Gasteiger partial charge >= 0.3 is 0 Å². The highest BCUT2D eigenvalue weighted by Gasteiger charge is 2.28. The van der Waals surface area contributed by atoms with E-state index >= 15 is 0 Å². The second-order valence-electron chi connectivity index (χ2n) is 4.31. The van der Waals surface area contributed by atoms with Gasteiger partial charge in [-0.05, 0) is 18.6 Å². The Morgan fingerprint density at radius 1 is 1.33 bits per heavy atom. The van der Waals surface area contributed by atoms with Crippen LogP contribution in [-0.2, 0) is 14.8 Å². The molecule has 0 aliphatic carbocycles. The van der Waals surface area contributed by atoms with Gasteiger partial charge in [0.1, 0.15) is 4.90 Å². The number of carbonyl (C=O) groups is 1. The molecular formula is C12H15BrCl2N2O3S. The summed E-state index contributed by atoms with van der Waals surface area (Å²) in [7, 11) is -2.65. The lowest BCUT2D eigenvalue weighted by atomic mass is 10.4. The van der Waals surface area contributed by atoms with Crippen molar-refractivity contribution in [3.05, 3.63) is 26.7 Å². The predicted molar refractivity (Wildman–Crippen MR) is 87.3 cm³/mol. The standard InChI is InChI=1S/C12H15BrCl2N2O3S/c1-3-4-16-11(18)7-17(2)21(19,20)12-9(14)5-8(13)6-10(12)15/h5-6H,3-4,7H2,1-2H3,(H,16,18). The van der Waals surface area contributed by atoms with Crippen LogP contribution in [0.15, 0.2) is 21.5 Å². The first-order valence-corrected chi connectivity index (χ1v) is 9.06. The number of hydrogen-bond acceptors (Lipinski definition) is 3. The van der Waals surface area contributed by atoms with Crippen molar-refractivity contribution < 1.29 is 13.2 Å². The molecule has 1 amide bonds. The summed E-state index contributed by atoms with van der Waals surface area (Å²) in [4.78, 5) is 11.4. The molecule has 0 aliphatic heterocycles. The first-order valence-electron chi connectivity index (χ1n) is 6.07. The summed E-state index contributed by atoms with van der Waals surface area (Å²) in [6, 6.07) is 2.87. The number of halogens is 3. The van der Waals surface area contributed by atoms with Gasteiger partial charge in [0.05, 0.1) is 16.6 Å². The fourth-order valence-electron chi connectivity index (χ4n) is 1.54. The smallest absolute Gasteiger partial charge is 0.246 e. The Morgan fingerprint density at radius 2 is 1.86 bits per heavy atom. The number of carbonyl (C=O) groups excluding carboxylic acids is 1. The molecule has 1 aromatic carbocycles. The summed E-state index contributed by atoms with van der Waals surface area (Å²) in [6.07, 6.45) is 0.770. The van der Waals surface area contributed by atoms with E-state index in [1.54, 1.807) is 0 Å². The van der Waals surface area contributed by atoms with Crippen LogP contribution in [0.4, 0.5) is 0 Å². The molecule has 0 fully saturated rings. The third-order valence-electron chi connectivity index (χ3n) is 2.57. The second-order valence-corrected chi connectivity index (χ2v) is 8.02. The molecule has 0 aliphatic rings. The third kappa shape index (κ3) is 4.82. The largest absolute Gasteiger partial charge is 0.355 e. The first kappa shape index (κ1) is 18.7. The van der Waals surface area contributed by atoms with E-state index in [4.69, 9.17) is 23.2 Å². The molecule has 0 saturated heterocycles. The van der Waals surface area contributed by atoms with Crippen molar-refractivity contribution >= 4 is 55.1 Å². The van der Waals surface area contributed by atoms with Crippen molar-refractivity contribution in [3.63, 3.8) is 0 Å². The highest BCUT2D eigenvalue weighted by molar-refractivity contribution is 9.10. The quantitative estimate of drug-likeness (QED) is 0.773. The van der Waals surface area contributed by atoms with E-state index in [1.165, 1.54) is 19.2 Å². The minimum absolute atomic E-state index is 0.00445. The van der Waals surface area contributed by atoms with Gasteiger partial charge in [-0.15, -0.1) is 0 Å². The molecular weight excluding hydrogens is 403 g/mol. The fourth-order valence-corrected chi connectivity index (χ4v) is 4.54. The summed E-state index contributed by atoms with van der Waals surface area (Å²) in [5, 5.41) is 2.60. The lowest BCUT2D eigenvalue weighted by molar-refractivity contribution is -0.121. The number of sulfonamides is 1. The van der Waals surface area contributed by atoms with Gasteiger partial charge in [-0.25, -0.2) is 8.42 Å². The molecule has 9 heteroatoms. The third-order valence-corrected chi connectivity index (χ3v) is 5.75. The molecule has 118 valence electrons. The van der Waals surface area contributed by atoms with Crippen LogP contribution in [0.1, 0.15) is 13.3 Å². The number of nitrogens with zero attached hydrogens (tertiary/aromatic N) is 1. The van der Waals surface area contributed by atoms with E-state index in [0.29, 0.717) is 11.0 Å². The monoisotopic (exact) mass is 416 g/mol. The normalized spacial score (nSPS) is 11.7. The number of benzene rings is 1. The predicted octanol–water partition coefficient (Wildman–Crippen LogP) is 2.90. The molecule has 1 aromatic rings. The van der Waals surface area contributed by atoms with Crippen LogP contribution in [0.3, 0.4) is 0 Å². The average Bonchev–Trinajstić information content (AvgIpc) is 2.34. The summed E-state index contributed by atoms with van der Waals surface area (Å²) < 4.78 is 26.4. The summed E-state index contributed by atoms with van der Waals surface area (Å²) in [5.74, 6) is -0.382. The Balaban J connectivity index is 3.03. The van der Waals surface area contributed by atoms with Gasteiger partial charge in [0.2, 0.25) is 15.9 Å². The molecule has 0 heterocycles. The number of nitrogens with one attached hydrogen (secondary N) is 1. The van der Waals surface area contributed by atoms with E-state index in [1.807, 2.05) is 6.92 Å². The summed E-state index contributed by atoms with van der Waals surface area (Å²) >= 11 is 15.1. The highest BCUT2D eigenvalue weighted by Crippen LogP contribution is 2.34. The topological polar surface area (TPSA) is 66.5 Å². The van der Waals surface area contributed by atoms with Crippen LogP contribution >= 0.6 is 39.1 Å². The average molecular weight is 418 g/mol. The molecule has 0 spiro atoms. The molecule has 1 N–H and O–H groups in total.